The number of hydrogen-bond acceptors (Lipinski definition) is 2. The van der Waals surface area contributed by atoms with Gasteiger partial charge in [-0.25, -0.2) is 0 Å². The van der Waals surface area contributed by atoms with E-state index < -0.39 is 0 Å². The molecule has 0 radical (unpaired) electrons. The third kappa shape index (κ3) is 2.48. The molecule has 0 amide bonds. The van der Waals surface area contributed by atoms with E-state index in [4.69, 9.17) is 12.2 Å². The number of fused-ring (bicyclic) bond motifs is 3. The molecular weight excluding hydrogens is 280 g/mol. The van der Waals surface area contributed by atoms with Crippen molar-refractivity contribution >= 4 is 45.4 Å². The Kier molecular flexibility index (Phi) is 3.58. The summed E-state index contributed by atoms with van der Waals surface area (Å²) in [5.74, 6) is 0. The summed E-state index contributed by atoms with van der Waals surface area (Å²) in [4.78, 5) is 3.48. The Hall–Kier alpha value is -2.40. The van der Waals surface area contributed by atoms with E-state index in [0.29, 0.717) is 5.11 Å². The van der Waals surface area contributed by atoms with Crippen molar-refractivity contribution in [1.29, 1.82) is 0 Å². The molecule has 0 spiro atoms. The molecule has 3 rings (SSSR count). The van der Waals surface area contributed by atoms with E-state index in [1.165, 1.54) is 16.3 Å². The van der Waals surface area contributed by atoms with Gasteiger partial charge in [0.15, 0.2) is 5.11 Å². The van der Waals surface area contributed by atoms with Gasteiger partial charge in [-0.3, -0.25) is 5.43 Å². The van der Waals surface area contributed by atoms with Crippen molar-refractivity contribution in [3.63, 3.8) is 0 Å². The maximum atomic E-state index is 4.98. The molecule has 2 aromatic carbocycles. The molecule has 0 bridgehead atoms. The minimum absolute atomic E-state index is 0.496. The first-order chi connectivity index (χ1) is 10.2. The Labute approximate surface area is 128 Å². The van der Waals surface area contributed by atoms with Gasteiger partial charge in [-0.15, -0.1) is 0 Å². The number of benzene rings is 2. The monoisotopic (exact) mass is 296 g/mol. The SMILES string of the molecule is CNC(=S)N/N=C\c1ccc2c([nH]c3ccccc32)c1C. The molecule has 0 unspecified atom stereocenters. The number of aromatic nitrogens is 1. The van der Waals surface area contributed by atoms with Gasteiger partial charge in [0, 0.05) is 23.3 Å². The first kappa shape index (κ1) is 13.6. The summed E-state index contributed by atoms with van der Waals surface area (Å²) >= 11 is 4.98. The number of aromatic amines is 1. The lowest BCUT2D eigenvalue weighted by molar-refractivity contribution is 0.982. The van der Waals surface area contributed by atoms with Gasteiger partial charge in [-0.2, -0.15) is 5.10 Å². The lowest BCUT2D eigenvalue weighted by Crippen LogP contribution is -2.28. The number of hydrazone groups is 1. The van der Waals surface area contributed by atoms with E-state index >= 15 is 0 Å². The van der Waals surface area contributed by atoms with Crippen molar-refractivity contribution in [2.24, 2.45) is 5.10 Å². The molecule has 0 aliphatic rings. The highest BCUT2D eigenvalue weighted by Gasteiger charge is 2.07. The van der Waals surface area contributed by atoms with Crippen LogP contribution in [0.3, 0.4) is 0 Å². The quantitative estimate of drug-likeness (QED) is 0.387. The smallest absolute Gasteiger partial charge is 0.186 e. The lowest BCUT2D eigenvalue weighted by atomic mass is 10.0. The van der Waals surface area contributed by atoms with E-state index in [-0.39, 0.29) is 0 Å². The molecule has 21 heavy (non-hydrogen) atoms. The molecule has 4 nitrogen and oxygen atoms in total. The number of thiocarbonyl (C=S) groups is 1. The van der Waals surface area contributed by atoms with Crippen LogP contribution in [0.4, 0.5) is 0 Å². The van der Waals surface area contributed by atoms with Gasteiger partial charge in [0.05, 0.1) is 11.7 Å². The summed E-state index contributed by atoms with van der Waals surface area (Å²) in [6.45, 7) is 2.09. The maximum absolute atomic E-state index is 4.98. The molecule has 106 valence electrons. The van der Waals surface area contributed by atoms with Crippen LogP contribution in [0.25, 0.3) is 21.8 Å². The Bertz CT molecular complexity index is 848. The van der Waals surface area contributed by atoms with E-state index in [1.54, 1.807) is 13.3 Å². The number of H-pyrrole nitrogens is 1. The number of nitrogens with one attached hydrogen (secondary N) is 3. The molecule has 5 heteroatoms. The van der Waals surface area contributed by atoms with Gasteiger partial charge in [0.1, 0.15) is 0 Å². The Balaban J connectivity index is 2.04. The van der Waals surface area contributed by atoms with Gasteiger partial charge in [-0.1, -0.05) is 30.3 Å². The standard InChI is InChI=1S/C16H16N4S/c1-10-11(9-18-20-16(21)17-2)7-8-13-12-5-3-4-6-14(12)19-15(10)13/h3-9,19H,1-2H3,(H2,17,20,21)/b18-9-. The number of nitrogens with zero attached hydrogens (tertiary/aromatic N) is 1. The van der Waals surface area contributed by atoms with Crippen molar-refractivity contribution in [2.45, 2.75) is 6.92 Å². The second-order valence-electron chi connectivity index (χ2n) is 4.82. The van der Waals surface area contributed by atoms with Crippen LogP contribution in [-0.4, -0.2) is 23.4 Å². The maximum Gasteiger partial charge on any atom is 0.186 e. The molecule has 0 atom stereocenters. The van der Waals surface area contributed by atoms with Crippen molar-refractivity contribution < 1.29 is 0 Å². The van der Waals surface area contributed by atoms with Crippen LogP contribution >= 0.6 is 12.2 Å². The van der Waals surface area contributed by atoms with Crippen LogP contribution < -0.4 is 10.7 Å². The largest absolute Gasteiger partial charge is 0.364 e. The van der Waals surface area contributed by atoms with Gasteiger partial charge < -0.3 is 10.3 Å². The normalized spacial score (nSPS) is 11.3. The van der Waals surface area contributed by atoms with Gasteiger partial charge in [0.25, 0.3) is 0 Å². The zero-order valence-electron chi connectivity index (χ0n) is 11.9. The zero-order chi connectivity index (χ0) is 14.8. The molecule has 0 fully saturated rings. The average Bonchev–Trinajstić information content (AvgIpc) is 2.89. The third-order valence-corrected chi connectivity index (χ3v) is 3.88. The second kappa shape index (κ2) is 5.54. The molecule has 3 aromatic rings. The van der Waals surface area contributed by atoms with Crippen molar-refractivity contribution in [2.75, 3.05) is 7.05 Å². The second-order valence-corrected chi connectivity index (χ2v) is 5.23. The van der Waals surface area contributed by atoms with E-state index in [2.05, 4.69) is 58.1 Å². The van der Waals surface area contributed by atoms with Crippen LogP contribution in [0.1, 0.15) is 11.1 Å². The van der Waals surface area contributed by atoms with Crippen molar-refractivity contribution in [3.05, 3.63) is 47.5 Å². The number of aryl methyl sites for hydroxylation is 1. The Morgan fingerprint density at radius 3 is 2.81 bits per heavy atom. The highest BCUT2D eigenvalue weighted by atomic mass is 32.1. The highest BCUT2D eigenvalue weighted by Crippen LogP contribution is 2.28. The summed E-state index contributed by atoms with van der Waals surface area (Å²) in [6, 6.07) is 12.5. The summed E-state index contributed by atoms with van der Waals surface area (Å²) < 4.78 is 0. The number of rotatable bonds is 2. The van der Waals surface area contributed by atoms with Crippen molar-refractivity contribution in [3.8, 4) is 0 Å². The minimum atomic E-state index is 0.496. The molecule has 0 aliphatic carbocycles. The van der Waals surface area contributed by atoms with Crippen molar-refractivity contribution in [1.82, 2.24) is 15.7 Å². The predicted molar refractivity (Wildman–Crippen MR) is 92.9 cm³/mol. The van der Waals surface area contributed by atoms with Gasteiger partial charge >= 0.3 is 0 Å². The molecule has 1 heterocycles. The molecule has 0 aliphatic heterocycles. The first-order valence-electron chi connectivity index (χ1n) is 6.71. The zero-order valence-corrected chi connectivity index (χ0v) is 12.7. The molecule has 0 saturated heterocycles. The van der Waals surface area contributed by atoms with Crippen LogP contribution in [0.2, 0.25) is 0 Å². The predicted octanol–water partition coefficient (Wildman–Crippen LogP) is 3.06. The number of hydrogen-bond donors (Lipinski definition) is 3. The first-order valence-corrected chi connectivity index (χ1v) is 7.12. The van der Waals surface area contributed by atoms with Gasteiger partial charge in [-0.05, 0) is 36.3 Å². The summed E-state index contributed by atoms with van der Waals surface area (Å²) in [5.41, 5.74) is 7.29. The Morgan fingerprint density at radius 1 is 1.19 bits per heavy atom. The summed E-state index contributed by atoms with van der Waals surface area (Å²) in [7, 11) is 1.76. The van der Waals surface area contributed by atoms with E-state index in [9.17, 15) is 0 Å². The van der Waals surface area contributed by atoms with Crippen LogP contribution in [-0.2, 0) is 0 Å². The summed E-state index contributed by atoms with van der Waals surface area (Å²) in [5, 5.41) is 9.93. The van der Waals surface area contributed by atoms with E-state index in [0.717, 1.165) is 16.6 Å². The van der Waals surface area contributed by atoms with Gasteiger partial charge in [0.2, 0.25) is 0 Å². The lowest BCUT2D eigenvalue weighted by Gasteiger charge is -2.03. The van der Waals surface area contributed by atoms with Crippen LogP contribution in [0.15, 0.2) is 41.5 Å². The summed E-state index contributed by atoms with van der Waals surface area (Å²) in [6.07, 6.45) is 1.78. The molecule has 0 saturated carbocycles. The van der Waals surface area contributed by atoms with Crippen LogP contribution in [0, 0.1) is 6.92 Å². The van der Waals surface area contributed by atoms with E-state index in [1.807, 2.05) is 6.07 Å². The average molecular weight is 296 g/mol. The fourth-order valence-corrected chi connectivity index (χ4v) is 2.48. The topological polar surface area (TPSA) is 52.2 Å². The Morgan fingerprint density at radius 2 is 2.00 bits per heavy atom. The molecule has 3 N–H and O–H groups in total. The fourth-order valence-electron chi connectivity index (χ4n) is 2.43. The minimum Gasteiger partial charge on any atom is -0.364 e. The number of para-hydroxylation sites is 1. The third-order valence-electron chi connectivity index (χ3n) is 3.58. The van der Waals surface area contributed by atoms with Crippen LogP contribution in [0.5, 0.6) is 0 Å². The highest BCUT2D eigenvalue weighted by molar-refractivity contribution is 7.80. The molecular formula is C16H16N4S. The fraction of sp³-hybridized carbons (Fsp3) is 0.125. The molecule has 1 aromatic heterocycles.